The Balaban J connectivity index is 2.00. The van der Waals surface area contributed by atoms with Crippen molar-refractivity contribution in [2.24, 2.45) is 5.92 Å². The molecule has 1 aliphatic rings. The van der Waals surface area contributed by atoms with E-state index in [0.29, 0.717) is 19.1 Å². The molecule has 90 valence electrons. The summed E-state index contributed by atoms with van der Waals surface area (Å²) in [6, 6.07) is 0. The van der Waals surface area contributed by atoms with Crippen molar-refractivity contribution in [1.82, 2.24) is 0 Å². The quantitative estimate of drug-likeness (QED) is 0.635. The van der Waals surface area contributed by atoms with Crippen molar-refractivity contribution in [1.29, 1.82) is 0 Å². The second-order valence-corrected chi connectivity index (χ2v) is 5.05. The second kappa shape index (κ2) is 8.25. The van der Waals surface area contributed by atoms with E-state index < -0.39 is 11.4 Å². The first-order chi connectivity index (χ1) is 7.33. The topological polar surface area (TPSA) is 35.5 Å². The van der Waals surface area contributed by atoms with Crippen LogP contribution >= 0.6 is 0 Å². The summed E-state index contributed by atoms with van der Waals surface area (Å²) in [5.41, 5.74) is 0. The minimum absolute atomic E-state index is 0.535. The molecule has 0 aliphatic heterocycles. The molecule has 0 N–H and O–H groups in total. The Morgan fingerprint density at radius 1 is 1.20 bits per heavy atom. The Hall–Kier alpha value is 0.0700. The summed E-state index contributed by atoms with van der Waals surface area (Å²) in [7, 11) is 0. The van der Waals surface area contributed by atoms with Crippen molar-refractivity contribution in [3.63, 3.8) is 0 Å². The Labute approximate surface area is 95.4 Å². The molecule has 1 atom stereocenters. The smallest absolute Gasteiger partial charge is 0.268 e. The SMILES string of the molecule is CCCCOS(=O)OCC1CCCCC1. The highest BCUT2D eigenvalue weighted by atomic mass is 32.2. The second-order valence-electron chi connectivity index (χ2n) is 4.17. The van der Waals surface area contributed by atoms with Gasteiger partial charge in [-0.2, -0.15) is 4.21 Å². The zero-order valence-electron chi connectivity index (χ0n) is 9.57. The van der Waals surface area contributed by atoms with Gasteiger partial charge >= 0.3 is 11.4 Å². The van der Waals surface area contributed by atoms with Gasteiger partial charge in [-0.1, -0.05) is 32.6 Å². The highest BCUT2D eigenvalue weighted by molar-refractivity contribution is 7.75. The van der Waals surface area contributed by atoms with Gasteiger partial charge in [0.1, 0.15) is 0 Å². The highest BCUT2D eigenvalue weighted by Gasteiger charge is 2.15. The Morgan fingerprint density at radius 3 is 2.60 bits per heavy atom. The maximum atomic E-state index is 11.2. The van der Waals surface area contributed by atoms with E-state index in [0.717, 1.165) is 12.8 Å². The zero-order valence-corrected chi connectivity index (χ0v) is 10.4. The molecular weight excluding hydrogens is 212 g/mol. The molecule has 0 aromatic heterocycles. The molecule has 1 saturated carbocycles. The molecule has 4 heteroatoms. The van der Waals surface area contributed by atoms with E-state index in [9.17, 15) is 4.21 Å². The molecule has 0 heterocycles. The van der Waals surface area contributed by atoms with Gasteiger partial charge in [-0.15, -0.1) is 0 Å². The van der Waals surface area contributed by atoms with Crippen LogP contribution in [0, 0.1) is 5.92 Å². The zero-order chi connectivity index (χ0) is 10.9. The molecule has 0 bridgehead atoms. The average molecular weight is 234 g/mol. The van der Waals surface area contributed by atoms with Crippen LogP contribution in [0.3, 0.4) is 0 Å². The third-order valence-corrected chi connectivity index (χ3v) is 3.49. The van der Waals surface area contributed by atoms with E-state index in [1.165, 1.54) is 32.1 Å². The standard InChI is InChI=1S/C11H22O3S/c1-2-3-9-13-15(12)14-10-11-7-5-4-6-8-11/h11H,2-10H2,1H3. The molecule has 1 rings (SSSR count). The van der Waals surface area contributed by atoms with Gasteiger partial charge in [-0.25, -0.2) is 0 Å². The molecular formula is C11H22O3S. The van der Waals surface area contributed by atoms with E-state index in [-0.39, 0.29) is 0 Å². The molecule has 0 amide bonds. The van der Waals surface area contributed by atoms with Crippen LogP contribution in [-0.2, 0) is 19.7 Å². The van der Waals surface area contributed by atoms with E-state index in [4.69, 9.17) is 8.37 Å². The van der Waals surface area contributed by atoms with Crippen LogP contribution in [0.5, 0.6) is 0 Å². The van der Waals surface area contributed by atoms with Crippen molar-refractivity contribution in [2.75, 3.05) is 13.2 Å². The van der Waals surface area contributed by atoms with Gasteiger partial charge in [-0.3, -0.25) is 8.37 Å². The molecule has 0 aromatic rings. The molecule has 1 fully saturated rings. The van der Waals surface area contributed by atoms with Gasteiger partial charge in [0.2, 0.25) is 0 Å². The Kier molecular flexibility index (Phi) is 7.22. The summed E-state index contributed by atoms with van der Waals surface area (Å²) in [6.07, 6.45) is 8.35. The monoisotopic (exact) mass is 234 g/mol. The largest absolute Gasteiger partial charge is 0.304 e. The van der Waals surface area contributed by atoms with Crippen LogP contribution < -0.4 is 0 Å². The van der Waals surface area contributed by atoms with Crippen molar-refractivity contribution < 1.29 is 12.6 Å². The van der Waals surface area contributed by atoms with Crippen molar-refractivity contribution in [2.45, 2.75) is 51.9 Å². The number of hydrogen-bond donors (Lipinski definition) is 0. The summed E-state index contributed by atoms with van der Waals surface area (Å²) in [4.78, 5) is 0. The van der Waals surface area contributed by atoms with Crippen LogP contribution in [0.1, 0.15) is 51.9 Å². The van der Waals surface area contributed by atoms with Gasteiger partial charge in [0, 0.05) is 0 Å². The first-order valence-corrected chi connectivity index (χ1v) is 7.01. The third kappa shape index (κ3) is 6.28. The van der Waals surface area contributed by atoms with Crippen LogP contribution in [0.15, 0.2) is 0 Å². The van der Waals surface area contributed by atoms with Gasteiger partial charge in [0.25, 0.3) is 0 Å². The highest BCUT2D eigenvalue weighted by Crippen LogP contribution is 2.23. The molecule has 15 heavy (non-hydrogen) atoms. The minimum Gasteiger partial charge on any atom is -0.268 e. The molecule has 1 unspecified atom stereocenters. The summed E-state index contributed by atoms with van der Waals surface area (Å²) in [5.74, 6) is 0.595. The summed E-state index contributed by atoms with van der Waals surface area (Å²) >= 11 is -1.52. The Bertz CT molecular complexity index is 179. The lowest BCUT2D eigenvalue weighted by Gasteiger charge is -2.20. The van der Waals surface area contributed by atoms with Gasteiger partial charge in [0.05, 0.1) is 13.2 Å². The first-order valence-electron chi connectivity index (χ1n) is 6.01. The van der Waals surface area contributed by atoms with Crippen molar-refractivity contribution in [3.8, 4) is 0 Å². The number of unbranched alkanes of at least 4 members (excludes halogenated alkanes) is 1. The summed E-state index contributed by atoms with van der Waals surface area (Å²) in [6.45, 7) is 3.21. The normalized spacial score (nSPS) is 20.3. The molecule has 0 radical (unpaired) electrons. The lowest BCUT2D eigenvalue weighted by molar-refractivity contribution is 0.190. The van der Waals surface area contributed by atoms with E-state index in [2.05, 4.69) is 6.92 Å². The molecule has 0 spiro atoms. The predicted molar refractivity (Wildman–Crippen MR) is 61.5 cm³/mol. The molecule has 0 aromatic carbocycles. The van der Waals surface area contributed by atoms with Crippen LogP contribution in [0.2, 0.25) is 0 Å². The van der Waals surface area contributed by atoms with Crippen LogP contribution in [-0.4, -0.2) is 17.4 Å². The number of rotatable bonds is 7. The van der Waals surface area contributed by atoms with Crippen LogP contribution in [0.4, 0.5) is 0 Å². The lowest BCUT2D eigenvalue weighted by Crippen LogP contribution is -2.15. The minimum atomic E-state index is -1.52. The van der Waals surface area contributed by atoms with Gasteiger partial charge in [-0.05, 0) is 25.2 Å². The third-order valence-electron chi connectivity index (χ3n) is 2.80. The molecule has 3 nitrogen and oxygen atoms in total. The first kappa shape index (κ1) is 13.1. The molecule has 0 saturated heterocycles. The fourth-order valence-corrected chi connectivity index (χ4v) is 2.44. The summed E-state index contributed by atoms with van der Waals surface area (Å²) < 4.78 is 21.4. The van der Waals surface area contributed by atoms with E-state index >= 15 is 0 Å². The fourth-order valence-electron chi connectivity index (χ4n) is 1.81. The predicted octanol–water partition coefficient (Wildman–Crippen LogP) is 2.98. The lowest BCUT2D eigenvalue weighted by atomic mass is 9.90. The molecule has 1 aliphatic carbocycles. The Morgan fingerprint density at radius 2 is 1.93 bits per heavy atom. The van der Waals surface area contributed by atoms with Gasteiger partial charge in [0.15, 0.2) is 0 Å². The van der Waals surface area contributed by atoms with E-state index in [1.54, 1.807) is 0 Å². The fraction of sp³-hybridized carbons (Fsp3) is 1.00. The van der Waals surface area contributed by atoms with Crippen molar-refractivity contribution in [3.05, 3.63) is 0 Å². The van der Waals surface area contributed by atoms with Crippen molar-refractivity contribution >= 4 is 11.4 Å². The summed E-state index contributed by atoms with van der Waals surface area (Å²) in [5, 5.41) is 0. The van der Waals surface area contributed by atoms with Crippen LogP contribution in [0.25, 0.3) is 0 Å². The van der Waals surface area contributed by atoms with Gasteiger partial charge < -0.3 is 0 Å². The maximum absolute atomic E-state index is 11.2. The maximum Gasteiger partial charge on any atom is 0.304 e. The number of hydrogen-bond acceptors (Lipinski definition) is 3. The van der Waals surface area contributed by atoms with E-state index in [1.807, 2.05) is 0 Å². The average Bonchev–Trinajstić information content (AvgIpc) is 2.28.